The van der Waals surface area contributed by atoms with Gasteiger partial charge in [-0.25, -0.2) is 0 Å². The maximum absolute atomic E-state index is 3.49. The predicted molar refractivity (Wildman–Crippen MR) is 174 cm³/mol. The van der Waals surface area contributed by atoms with Gasteiger partial charge in [-0.2, -0.15) is 0 Å². The molecule has 6 aromatic carbocycles. The van der Waals surface area contributed by atoms with Crippen molar-refractivity contribution in [3.05, 3.63) is 166 Å². The molecule has 0 aromatic heterocycles. The minimum absolute atomic E-state index is 1.04. The third-order valence-corrected chi connectivity index (χ3v) is 7.31. The Labute approximate surface area is 237 Å². The highest BCUT2D eigenvalue weighted by molar-refractivity contribution is 5.98. The molecule has 190 valence electrons. The van der Waals surface area contributed by atoms with Gasteiger partial charge in [-0.05, 0) is 69.8 Å². The summed E-state index contributed by atoms with van der Waals surface area (Å²) in [5, 5.41) is 4.75. The highest BCUT2D eigenvalue weighted by Crippen LogP contribution is 2.26. The van der Waals surface area contributed by atoms with E-state index in [1.165, 1.54) is 54.9 Å². The van der Waals surface area contributed by atoms with E-state index in [-0.39, 0.29) is 0 Å². The van der Waals surface area contributed by atoms with Crippen LogP contribution in [0.2, 0.25) is 0 Å². The van der Waals surface area contributed by atoms with E-state index in [0.717, 1.165) is 11.1 Å². The Balaban J connectivity index is 1.34. The first-order valence-electron chi connectivity index (χ1n) is 13.7. The lowest BCUT2D eigenvalue weighted by Crippen LogP contribution is -1.85. The summed E-state index contributed by atoms with van der Waals surface area (Å²) >= 11 is 0. The van der Waals surface area contributed by atoms with Gasteiger partial charge in [0.15, 0.2) is 0 Å². The van der Waals surface area contributed by atoms with Crippen LogP contribution in [0.25, 0.3) is 45.8 Å². The normalized spacial score (nSPS) is 11.3. The Morgan fingerprint density at radius 1 is 0.375 bits per heavy atom. The molecule has 0 N–H and O–H groups in total. The molecule has 0 amide bonds. The summed E-state index contributed by atoms with van der Waals surface area (Å²) in [5.41, 5.74) is 9.39. The fourth-order valence-corrected chi connectivity index (χ4v) is 5.04. The third-order valence-electron chi connectivity index (χ3n) is 7.31. The quantitative estimate of drug-likeness (QED) is 0.163. The number of hydrogen-bond acceptors (Lipinski definition) is 0. The number of benzene rings is 6. The summed E-state index contributed by atoms with van der Waals surface area (Å²) in [7, 11) is 0. The number of rotatable bonds is 4. The molecule has 0 fully saturated rings. The van der Waals surface area contributed by atoms with Crippen molar-refractivity contribution in [3.63, 3.8) is 0 Å². The second kappa shape index (κ2) is 11.3. The van der Waals surface area contributed by atoms with Gasteiger partial charge in [-0.3, -0.25) is 0 Å². The van der Waals surface area contributed by atoms with Gasteiger partial charge >= 0.3 is 0 Å². The van der Waals surface area contributed by atoms with E-state index >= 15 is 0 Å². The fraction of sp³-hybridized carbons (Fsp3) is 0.0500. The van der Waals surface area contributed by atoms with E-state index in [1.54, 1.807) is 0 Å². The summed E-state index contributed by atoms with van der Waals surface area (Å²) in [5.74, 6) is 6.99. The molecule has 0 atom stereocenters. The van der Waals surface area contributed by atoms with E-state index in [0.29, 0.717) is 0 Å². The van der Waals surface area contributed by atoms with Crippen molar-refractivity contribution in [1.29, 1.82) is 0 Å². The highest BCUT2D eigenvalue weighted by atomic mass is 14.1. The van der Waals surface area contributed by atoms with Crippen molar-refractivity contribution in [3.8, 4) is 11.8 Å². The lowest BCUT2D eigenvalue weighted by Gasteiger charge is -2.06. The van der Waals surface area contributed by atoms with Gasteiger partial charge in [0.1, 0.15) is 0 Å². The van der Waals surface area contributed by atoms with Crippen LogP contribution in [0.5, 0.6) is 0 Å². The first kappa shape index (κ1) is 25.2. The molecule has 0 unspecified atom stereocenters. The number of fused-ring (bicyclic) bond motifs is 2. The molecule has 0 radical (unpaired) electrons. The lowest BCUT2D eigenvalue weighted by atomic mass is 9.97. The topological polar surface area (TPSA) is 0 Å². The Morgan fingerprint density at radius 2 is 0.750 bits per heavy atom. The fourth-order valence-electron chi connectivity index (χ4n) is 5.04. The Kier molecular flexibility index (Phi) is 7.12. The van der Waals surface area contributed by atoms with Gasteiger partial charge in [-0.1, -0.05) is 156 Å². The molecule has 0 heterocycles. The molecular formula is C40H30. The Hall–Kier alpha value is -5.12. The molecule has 0 aliphatic carbocycles. The van der Waals surface area contributed by atoms with Gasteiger partial charge in [0, 0.05) is 11.1 Å². The summed E-state index contributed by atoms with van der Waals surface area (Å²) in [6.45, 7) is 4.23. The molecule has 0 nitrogen and oxygen atoms in total. The summed E-state index contributed by atoms with van der Waals surface area (Å²) in [4.78, 5) is 0. The van der Waals surface area contributed by atoms with Crippen LogP contribution in [-0.4, -0.2) is 0 Å². The van der Waals surface area contributed by atoms with Crippen LogP contribution in [0.3, 0.4) is 0 Å². The zero-order chi connectivity index (χ0) is 27.3. The molecule has 0 aliphatic rings. The van der Waals surface area contributed by atoms with Crippen LogP contribution in [0.1, 0.15) is 44.5 Å². The van der Waals surface area contributed by atoms with E-state index in [4.69, 9.17) is 0 Å². The van der Waals surface area contributed by atoms with Crippen molar-refractivity contribution in [1.82, 2.24) is 0 Å². The first-order valence-corrected chi connectivity index (χ1v) is 13.7. The molecule has 0 bridgehead atoms. The zero-order valence-electron chi connectivity index (χ0n) is 22.9. The van der Waals surface area contributed by atoms with E-state index in [2.05, 4.69) is 171 Å². The van der Waals surface area contributed by atoms with Gasteiger partial charge < -0.3 is 0 Å². The second-order valence-electron chi connectivity index (χ2n) is 10.2. The van der Waals surface area contributed by atoms with Crippen LogP contribution >= 0.6 is 0 Å². The maximum Gasteiger partial charge on any atom is 0.0327 e. The summed E-state index contributed by atoms with van der Waals surface area (Å²) in [6, 6.07) is 42.9. The van der Waals surface area contributed by atoms with Crippen molar-refractivity contribution in [2.75, 3.05) is 0 Å². The highest BCUT2D eigenvalue weighted by Gasteiger charge is 2.04. The minimum atomic E-state index is 1.04. The second-order valence-corrected chi connectivity index (χ2v) is 10.2. The van der Waals surface area contributed by atoms with E-state index in [9.17, 15) is 0 Å². The number of hydrogen-bond donors (Lipinski definition) is 0. The van der Waals surface area contributed by atoms with Crippen molar-refractivity contribution in [2.24, 2.45) is 0 Å². The molecule has 0 spiro atoms. The first-order chi connectivity index (χ1) is 19.6. The maximum atomic E-state index is 3.49. The minimum Gasteiger partial charge on any atom is -0.0610 e. The van der Waals surface area contributed by atoms with Gasteiger partial charge in [0.2, 0.25) is 0 Å². The summed E-state index contributed by atoms with van der Waals surface area (Å²) < 4.78 is 0. The summed E-state index contributed by atoms with van der Waals surface area (Å²) in [6.07, 6.45) is 8.74. The monoisotopic (exact) mass is 510 g/mol. The predicted octanol–water partition coefficient (Wildman–Crippen LogP) is 10.4. The molecular weight excluding hydrogens is 480 g/mol. The molecule has 6 aromatic rings. The van der Waals surface area contributed by atoms with Crippen LogP contribution in [0.4, 0.5) is 0 Å². The molecule has 6 rings (SSSR count). The largest absolute Gasteiger partial charge is 0.0610 e. The molecule has 40 heavy (non-hydrogen) atoms. The number of aryl methyl sites for hydroxylation is 2. The Bertz CT molecular complexity index is 1790. The Morgan fingerprint density at radius 3 is 1.18 bits per heavy atom. The SMILES string of the molecule is Cc1ccc(C=Cc2cccc3c(C#Cc4cccc5c(C=Cc6ccc(C)cc6)cccc45)cccc23)cc1. The van der Waals surface area contributed by atoms with Crippen LogP contribution in [-0.2, 0) is 0 Å². The molecule has 0 heteroatoms. The van der Waals surface area contributed by atoms with Crippen molar-refractivity contribution < 1.29 is 0 Å². The lowest BCUT2D eigenvalue weighted by molar-refractivity contribution is 1.46. The van der Waals surface area contributed by atoms with Gasteiger partial charge in [0.25, 0.3) is 0 Å². The van der Waals surface area contributed by atoms with E-state index < -0.39 is 0 Å². The smallest absolute Gasteiger partial charge is 0.0327 e. The van der Waals surface area contributed by atoms with Gasteiger partial charge in [0.05, 0.1) is 0 Å². The molecule has 0 saturated heterocycles. The van der Waals surface area contributed by atoms with Crippen molar-refractivity contribution >= 4 is 45.8 Å². The average Bonchev–Trinajstić information content (AvgIpc) is 2.99. The standard InChI is InChI=1S/C40H30/c1-29-15-19-31(20-16-29)23-25-33-7-3-13-39-35(9-5-11-37(33)39)27-28-36-10-6-12-38-34(8-4-14-40(36)38)26-24-32-21-17-30(2)18-22-32/h3-26H,1-2H3. The van der Waals surface area contributed by atoms with Crippen LogP contribution in [0.15, 0.2) is 121 Å². The van der Waals surface area contributed by atoms with Gasteiger partial charge in [-0.15, -0.1) is 0 Å². The van der Waals surface area contributed by atoms with Crippen LogP contribution < -0.4 is 0 Å². The van der Waals surface area contributed by atoms with E-state index in [1.807, 2.05) is 0 Å². The van der Waals surface area contributed by atoms with Crippen molar-refractivity contribution in [2.45, 2.75) is 13.8 Å². The average molecular weight is 511 g/mol. The zero-order valence-corrected chi connectivity index (χ0v) is 22.9. The molecule has 0 saturated carbocycles. The third kappa shape index (κ3) is 5.51. The van der Waals surface area contributed by atoms with Crippen LogP contribution in [0, 0.1) is 25.7 Å². The molecule has 0 aliphatic heterocycles.